The van der Waals surface area contributed by atoms with Gasteiger partial charge < -0.3 is 15.4 Å². The molecule has 3 amide bonds. The number of amides is 3. The van der Waals surface area contributed by atoms with Gasteiger partial charge in [-0.25, -0.2) is 0 Å². The molecule has 1 aliphatic heterocycles. The van der Waals surface area contributed by atoms with E-state index in [0.717, 1.165) is 26.1 Å². The summed E-state index contributed by atoms with van der Waals surface area (Å²) in [5.41, 5.74) is 3.44. The second-order valence-electron chi connectivity index (χ2n) is 10.8. The Balaban J connectivity index is 1.18. The summed E-state index contributed by atoms with van der Waals surface area (Å²) in [6, 6.07) is 39.2. The number of ether oxygens (including phenoxy) is 1. The van der Waals surface area contributed by atoms with E-state index in [9.17, 15) is 14.4 Å². The lowest BCUT2D eigenvalue weighted by Gasteiger charge is -2.32. The number of hydrogen-bond acceptors (Lipinski definition) is 6. The van der Waals surface area contributed by atoms with Gasteiger partial charge in [0.25, 0.3) is 11.8 Å². The average molecular weight is 672 g/mol. The van der Waals surface area contributed by atoms with Gasteiger partial charge in [-0.05, 0) is 86.7 Å². The molecule has 240 valence electrons. The zero-order valence-corrected chi connectivity index (χ0v) is 28.0. The molecular weight excluding hydrogens is 639 g/mol. The van der Waals surface area contributed by atoms with Crippen LogP contribution < -0.4 is 20.3 Å². The molecule has 9 heteroatoms. The maximum Gasteiger partial charge on any atom is 0.272 e. The number of nitrogens with zero attached hydrogens (tertiary/aromatic N) is 1. The summed E-state index contributed by atoms with van der Waals surface area (Å²) in [6.45, 7) is 4.24. The highest BCUT2D eigenvalue weighted by atomic mass is 32.2. The molecule has 48 heavy (non-hydrogen) atoms. The second kappa shape index (κ2) is 15.1. The highest BCUT2D eigenvalue weighted by Crippen LogP contribution is 2.48. The highest BCUT2D eigenvalue weighted by molar-refractivity contribution is 8.00. The molecular formula is C39H33N3O4S2. The predicted octanol–water partition coefficient (Wildman–Crippen LogP) is 8.80. The second-order valence-corrected chi connectivity index (χ2v) is 13.3. The molecule has 0 saturated carbocycles. The van der Waals surface area contributed by atoms with Crippen molar-refractivity contribution >= 4 is 64.4 Å². The van der Waals surface area contributed by atoms with Crippen LogP contribution in [0.5, 0.6) is 5.75 Å². The molecule has 1 aliphatic rings. The molecule has 6 rings (SSSR count). The van der Waals surface area contributed by atoms with Gasteiger partial charge in [0, 0.05) is 31.5 Å². The van der Waals surface area contributed by atoms with E-state index in [2.05, 4.69) is 10.6 Å². The molecule has 1 unspecified atom stereocenters. The standard InChI is InChI=1S/C39H33N3O4S2/c1-3-46-34-18-10-7-15-28(34)25-31(41-37(43)27-13-5-4-6-14-27)38(44)40-29-21-23-30(24-22-29)47-26(2)39(45)42-32-16-8-11-19-35(32)48-36-20-12-9-17-33(36)42/h4-26H,3H2,1-2H3,(H,40,44)(H,41,43)/b31-25-. The largest absolute Gasteiger partial charge is 0.493 e. The summed E-state index contributed by atoms with van der Waals surface area (Å²) in [7, 11) is 0. The Bertz CT molecular complexity index is 1930. The number of anilines is 3. The zero-order chi connectivity index (χ0) is 33.5. The predicted molar refractivity (Wildman–Crippen MR) is 194 cm³/mol. The van der Waals surface area contributed by atoms with Crippen molar-refractivity contribution < 1.29 is 19.1 Å². The van der Waals surface area contributed by atoms with Gasteiger partial charge in [0.2, 0.25) is 5.91 Å². The molecule has 0 bridgehead atoms. The number of para-hydroxylation sites is 3. The minimum Gasteiger partial charge on any atom is -0.493 e. The lowest BCUT2D eigenvalue weighted by molar-refractivity contribution is -0.117. The third-order valence-electron chi connectivity index (χ3n) is 7.47. The summed E-state index contributed by atoms with van der Waals surface area (Å²) in [6.07, 6.45) is 1.61. The summed E-state index contributed by atoms with van der Waals surface area (Å²) < 4.78 is 5.74. The van der Waals surface area contributed by atoms with E-state index in [1.807, 2.05) is 110 Å². The molecule has 0 radical (unpaired) electrons. The Morgan fingerprint density at radius 2 is 1.40 bits per heavy atom. The van der Waals surface area contributed by atoms with Crippen LogP contribution in [0.2, 0.25) is 0 Å². The van der Waals surface area contributed by atoms with Gasteiger partial charge in [0.1, 0.15) is 11.4 Å². The fraction of sp³-hybridized carbons (Fsp3) is 0.103. The topological polar surface area (TPSA) is 87.7 Å². The number of carbonyl (C=O) groups is 3. The van der Waals surface area contributed by atoms with Crippen LogP contribution in [0.25, 0.3) is 6.08 Å². The number of fused-ring (bicyclic) bond motifs is 2. The minimum absolute atomic E-state index is 0.0196. The normalized spacial score (nSPS) is 12.7. The first-order chi connectivity index (χ1) is 23.4. The third kappa shape index (κ3) is 7.48. The number of benzene rings is 5. The van der Waals surface area contributed by atoms with Crippen molar-refractivity contribution in [3.8, 4) is 5.75 Å². The van der Waals surface area contributed by atoms with Crippen LogP contribution in [0.15, 0.2) is 148 Å². The maximum absolute atomic E-state index is 13.9. The monoisotopic (exact) mass is 671 g/mol. The highest BCUT2D eigenvalue weighted by Gasteiger charge is 2.31. The Kier molecular flexibility index (Phi) is 10.3. The van der Waals surface area contributed by atoms with Crippen LogP contribution in [-0.2, 0) is 9.59 Å². The fourth-order valence-electron chi connectivity index (χ4n) is 5.18. The number of carbonyl (C=O) groups excluding carboxylic acids is 3. The van der Waals surface area contributed by atoms with Crippen LogP contribution >= 0.6 is 23.5 Å². The van der Waals surface area contributed by atoms with E-state index < -0.39 is 11.8 Å². The molecule has 5 aromatic rings. The number of nitrogens with one attached hydrogen (secondary N) is 2. The van der Waals surface area contributed by atoms with Gasteiger partial charge in [0.15, 0.2) is 0 Å². The quantitative estimate of drug-likeness (QED) is 0.114. The first-order valence-corrected chi connectivity index (χ1v) is 17.2. The number of hydrogen-bond donors (Lipinski definition) is 2. The van der Waals surface area contributed by atoms with Gasteiger partial charge in [-0.2, -0.15) is 0 Å². The molecule has 0 spiro atoms. The van der Waals surface area contributed by atoms with Gasteiger partial charge in [-0.1, -0.05) is 72.4 Å². The molecule has 1 heterocycles. The smallest absolute Gasteiger partial charge is 0.272 e. The van der Waals surface area contributed by atoms with Crippen molar-refractivity contribution in [1.82, 2.24) is 5.32 Å². The Hall–Kier alpha value is -5.25. The fourth-order valence-corrected chi connectivity index (χ4v) is 7.14. The van der Waals surface area contributed by atoms with Crippen LogP contribution in [0.4, 0.5) is 17.1 Å². The third-order valence-corrected chi connectivity index (χ3v) is 9.70. The first-order valence-electron chi connectivity index (χ1n) is 15.5. The van der Waals surface area contributed by atoms with E-state index in [1.165, 1.54) is 11.8 Å². The van der Waals surface area contributed by atoms with Crippen LogP contribution in [0, 0.1) is 0 Å². The lowest BCUT2D eigenvalue weighted by Crippen LogP contribution is -2.34. The molecule has 2 N–H and O–H groups in total. The van der Waals surface area contributed by atoms with Crippen LogP contribution in [-0.4, -0.2) is 29.6 Å². The SMILES string of the molecule is CCOc1ccccc1/C=C(\NC(=O)c1ccccc1)C(=O)Nc1ccc(SC(C)C(=O)N2c3ccccc3Sc3ccccc32)cc1. The number of rotatable bonds is 10. The number of thioether (sulfide) groups is 1. The van der Waals surface area contributed by atoms with Gasteiger partial charge in [-0.3, -0.25) is 19.3 Å². The van der Waals surface area contributed by atoms with Gasteiger partial charge >= 0.3 is 0 Å². The summed E-state index contributed by atoms with van der Waals surface area (Å²) >= 11 is 3.11. The lowest BCUT2D eigenvalue weighted by atomic mass is 10.1. The van der Waals surface area contributed by atoms with E-state index in [-0.39, 0.29) is 16.9 Å². The van der Waals surface area contributed by atoms with Crippen molar-refractivity contribution in [2.24, 2.45) is 0 Å². The van der Waals surface area contributed by atoms with Crippen LogP contribution in [0.3, 0.4) is 0 Å². The van der Waals surface area contributed by atoms with Crippen molar-refractivity contribution in [3.05, 3.63) is 144 Å². The maximum atomic E-state index is 13.9. The summed E-state index contributed by atoms with van der Waals surface area (Å²) in [5, 5.41) is 5.29. The first kappa shape index (κ1) is 32.7. The summed E-state index contributed by atoms with van der Waals surface area (Å²) in [5.74, 6) is -0.322. The average Bonchev–Trinajstić information content (AvgIpc) is 3.12. The van der Waals surface area contributed by atoms with Crippen molar-refractivity contribution in [2.75, 3.05) is 16.8 Å². The van der Waals surface area contributed by atoms with Gasteiger partial charge in [0.05, 0.1) is 23.2 Å². The molecule has 0 aromatic heterocycles. The van der Waals surface area contributed by atoms with E-state index in [4.69, 9.17) is 4.74 Å². The molecule has 0 saturated heterocycles. The molecule has 5 aromatic carbocycles. The molecule has 0 aliphatic carbocycles. The minimum atomic E-state index is -0.491. The Labute approximate surface area is 288 Å². The van der Waals surface area contributed by atoms with Crippen molar-refractivity contribution in [1.29, 1.82) is 0 Å². The van der Waals surface area contributed by atoms with E-state index in [1.54, 1.807) is 54.2 Å². The van der Waals surface area contributed by atoms with E-state index >= 15 is 0 Å². The molecule has 0 fully saturated rings. The van der Waals surface area contributed by atoms with E-state index in [0.29, 0.717) is 29.2 Å². The Morgan fingerprint density at radius 3 is 2.06 bits per heavy atom. The van der Waals surface area contributed by atoms with Crippen LogP contribution in [0.1, 0.15) is 29.8 Å². The zero-order valence-electron chi connectivity index (χ0n) is 26.4. The van der Waals surface area contributed by atoms with Gasteiger partial charge in [-0.15, -0.1) is 11.8 Å². The Morgan fingerprint density at radius 1 is 0.792 bits per heavy atom. The van der Waals surface area contributed by atoms with Crippen molar-refractivity contribution in [3.63, 3.8) is 0 Å². The summed E-state index contributed by atoms with van der Waals surface area (Å²) in [4.78, 5) is 45.3. The molecule has 1 atom stereocenters. The molecule has 7 nitrogen and oxygen atoms in total. The van der Waals surface area contributed by atoms with Crippen molar-refractivity contribution in [2.45, 2.75) is 33.8 Å².